The Morgan fingerprint density at radius 2 is 2.26 bits per heavy atom. The van der Waals surface area contributed by atoms with Gasteiger partial charge in [0.25, 0.3) is 0 Å². The minimum Gasteiger partial charge on any atom is -0.382 e. The number of rotatable bonds is 9. The summed E-state index contributed by atoms with van der Waals surface area (Å²) < 4.78 is 12.5. The summed E-state index contributed by atoms with van der Waals surface area (Å²) in [6, 6.07) is 0. The lowest BCUT2D eigenvalue weighted by molar-refractivity contribution is 0.0694. The molecule has 0 fully saturated rings. The molecule has 0 atom stereocenters. The third kappa shape index (κ3) is 4.01. The van der Waals surface area contributed by atoms with Crippen LogP contribution in [0.3, 0.4) is 0 Å². The van der Waals surface area contributed by atoms with Crippen LogP contribution in [0.5, 0.6) is 0 Å². The summed E-state index contributed by atoms with van der Waals surface area (Å²) in [5.41, 5.74) is 2.35. The van der Waals surface area contributed by atoms with Crippen LogP contribution in [0.4, 0.5) is 0 Å². The Labute approximate surface area is 117 Å². The van der Waals surface area contributed by atoms with Gasteiger partial charge in [-0.15, -0.1) is 11.3 Å². The van der Waals surface area contributed by atoms with Gasteiger partial charge in [-0.05, 0) is 19.9 Å². The average Bonchev–Trinajstić information content (AvgIpc) is 2.95. The van der Waals surface area contributed by atoms with E-state index in [4.69, 9.17) is 9.47 Å². The van der Waals surface area contributed by atoms with Gasteiger partial charge in [0.1, 0.15) is 0 Å². The molecule has 0 amide bonds. The van der Waals surface area contributed by atoms with Gasteiger partial charge in [-0.2, -0.15) is 0 Å². The molecule has 2 rings (SSSR count). The van der Waals surface area contributed by atoms with Crippen LogP contribution in [-0.4, -0.2) is 42.9 Å². The van der Waals surface area contributed by atoms with Crippen molar-refractivity contribution in [2.75, 3.05) is 33.5 Å². The maximum absolute atomic E-state index is 5.41. The smallest absolute Gasteiger partial charge is 0.194 e. The summed E-state index contributed by atoms with van der Waals surface area (Å²) in [7, 11) is 1.68. The van der Waals surface area contributed by atoms with E-state index in [0.29, 0.717) is 13.2 Å². The van der Waals surface area contributed by atoms with Crippen molar-refractivity contribution in [2.45, 2.75) is 19.9 Å². The van der Waals surface area contributed by atoms with E-state index in [1.54, 1.807) is 18.4 Å². The molecule has 0 radical (unpaired) electrons. The summed E-state index contributed by atoms with van der Waals surface area (Å²) in [5, 5.41) is 5.50. The van der Waals surface area contributed by atoms with Crippen LogP contribution in [0.15, 0.2) is 11.6 Å². The second kappa shape index (κ2) is 7.59. The fraction of sp³-hybridized carbons (Fsp3) is 0.615. The second-order valence-corrected chi connectivity index (χ2v) is 5.21. The molecule has 0 aromatic carbocycles. The standard InChI is InChI=1S/C13H21N3O2S/c1-11-12(16-5-9-19-13(16)15-11)10-14-4-3-6-18-8-7-17-2/h5,9,14H,3-4,6-8,10H2,1-2H3. The van der Waals surface area contributed by atoms with Crippen molar-refractivity contribution in [1.29, 1.82) is 0 Å². The Morgan fingerprint density at radius 3 is 3.11 bits per heavy atom. The van der Waals surface area contributed by atoms with Gasteiger partial charge in [-0.25, -0.2) is 4.98 Å². The van der Waals surface area contributed by atoms with Gasteiger partial charge in [0.05, 0.1) is 24.6 Å². The van der Waals surface area contributed by atoms with Crippen LogP contribution in [0, 0.1) is 6.92 Å². The zero-order chi connectivity index (χ0) is 13.5. The molecule has 1 N–H and O–H groups in total. The number of hydrogen-bond acceptors (Lipinski definition) is 5. The third-order valence-corrected chi connectivity index (χ3v) is 3.68. The van der Waals surface area contributed by atoms with Crippen LogP contribution < -0.4 is 5.32 Å². The third-order valence-electron chi connectivity index (χ3n) is 2.93. The number of aromatic nitrogens is 2. The molecule has 106 valence electrons. The molecule has 0 unspecified atom stereocenters. The van der Waals surface area contributed by atoms with Gasteiger partial charge in [-0.1, -0.05) is 0 Å². The molecular weight excluding hydrogens is 262 g/mol. The molecule has 19 heavy (non-hydrogen) atoms. The first-order valence-corrected chi connectivity index (χ1v) is 7.39. The predicted octanol–water partition coefficient (Wildman–Crippen LogP) is 1.85. The summed E-state index contributed by atoms with van der Waals surface area (Å²) in [4.78, 5) is 5.59. The van der Waals surface area contributed by atoms with E-state index in [2.05, 4.69) is 33.2 Å². The van der Waals surface area contributed by atoms with Crippen LogP contribution in [0.1, 0.15) is 17.8 Å². The van der Waals surface area contributed by atoms with E-state index in [1.807, 2.05) is 0 Å². The molecule has 0 aliphatic rings. The normalized spacial score (nSPS) is 11.5. The number of nitrogens with zero attached hydrogens (tertiary/aromatic N) is 2. The number of hydrogen-bond donors (Lipinski definition) is 1. The van der Waals surface area contributed by atoms with E-state index < -0.39 is 0 Å². The van der Waals surface area contributed by atoms with E-state index in [1.165, 1.54) is 5.69 Å². The van der Waals surface area contributed by atoms with E-state index in [0.717, 1.165) is 36.8 Å². The highest BCUT2D eigenvalue weighted by atomic mass is 32.1. The SMILES string of the molecule is COCCOCCCNCc1c(C)nc2sccn12. The van der Waals surface area contributed by atoms with Crippen molar-refractivity contribution >= 4 is 16.3 Å². The molecule has 0 bridgehead atoms. The minimum atomic E-state index is 0.665. The molecule has 2 aromatic heterocycles. The van der Waals surface area contributed by atoms with Crippen molar-refractivity contribution < 1.29 is 9.47 Å². The highest BCUT2D eigenvalue weighted by Crippen LogP contribution is 2.16. The van der Waals surface area contributed by atoms with E-state index in [9.17, 15) is 0 Å². The Bertz CT molecular complexity index is 495. The lowest BCUT2D eigenvalue weighted by atomic mass is 10.3. The first-order valence-electron chi connectivity index (χ1n) is 6.51. The van der Waals surface area contributed by atoms with Crippen LogP contribution in [0.2, 0.25) is 0 Å². The van der Waals surface area contributed by atoms with Gasteiger partial charge < -0.3 is 14.8 Å². The number of thiazole rings is 1. The Morgan fingerprint density at radius 1 is 1.37 bits per heavy atom. The number of fused-ring (bicyclic) bond motifs is 1. The van der Waals surface area contributed by atoms with E-state index >= 15 is 0 Å². The Kier molecular flexibility index (Phi) is 5.78. The molecule has 0 aliphatic heterocycles. The largest absolute Gasteiger partial charge is 0.382 e. The zero-order valence-electron chi connectivity index (χ0n) is 11.5. The first-order chi connectivity index (χ1) is 9.33. The van der Waals surface area contributed by atoms with Gasteiger partial charge in [0.2, 0.25) is 0 Å². The highest BCUT2D eigenvalue weighted by molar-refractivity contribution is 7.15. The number of methoxy groups -OCH3 is 1. The monoisotopic (exact) mass is 283 g/mol. The van der Waals surface area contributed by atoms with Crippen molar-refractivity contribution in [2.24, 2.45) is 0 Å². The van der Waals surface area contributed by atoms with Crippen molar-refractivity contribution in [1.82, 2.24) is 14.7 Å². The second-order valence-electron chi connectivity index (χ2n) is 4.33. The van der Waals surface area contributed by atoms with Gasteiger partial charge in [0.15, 0.2) is 4.96 Å². The number of aryl methyl sites for hydroxylation is 1. The van der Waals surface area contributed by atoms with Crippen molar-refractivity contribution in [3.63, 3.8) is 0 Å². The minimum absolute atomic E-state index is 0.665. The lowest BCUT2D eigenvalue weighted by Gasteiger charge is -2.06. The summed E-state index contributed by atoms with van der Waals surface area (Å²) >= 11 is 1.67. The maximum Gasteiger partial charge on any atom is 0.194 e. The van der Waals surface area contributed by atoms with Crippen LogP contribution in [0.25, 0.3) is 4.96 Å². The molecule has 0 aliphatic carbocycles. The molecule has 5 nitrogen and oxygen atoms in total. The summed E-state index contributed by atoms with van der Waals surface area (Å²) in [6.45, 7) is 5.97. The fourth-order valence-electron chi connectivity index (χ4n) is 1.90. The van der Waals surface area contributed by atoms with Crippen molar-refractivity contribution in [3.05, 3.63) is 23.0 Å². The van der Waals surface area contributed by atoms with Crippen molar-refractivity contribution in [3.8, 4) is 0 Å². The van der Waals surface area contributed by atoms with Gasteiger partial charge >= 0.3 is 0 Å². The maximum atomic E-state index is 5.41. The number of nitrogens with one attached hydrogen (secondary N) is 1. The lowest BCUT2D eigenvalue weighted by Crippen LogP contribution is -2.18. The average molecular weight is 283 g/mol. The molecule has 2 aromatic rings. The number of ether oxygens (including phenoxy) is 2. The topological polar surface area (TPSA) is 47.8 Å². The summed E-state index contributed by atoms with van der Waals surface area (Å²) in [6.07, 6.45) is 3.08. The van der Waals surface area contributed by atoms with Gasteiger partial charge in [-0.3, -0.25) is 4.40 Å². The molecule has 0 spiro atoms. The molecule has 2 heterocycles. The van der Waals surface area contributed by atoms with Crippen LogP contribution >= 0.6 is 11.3 Å². The first kappa shape index (κ1) is 14.5. The molecule has 6 heteroatoms. The Hall–Kier alpha value is -0.950. The Balaban J connectivity index is 1.65. The molecular formula is C13H21N3O2S. The summed E-state index contributed by atoms with van der Waals surface area (Å²) in [5.74, 6) is 0. The van der Waals surface area contributed by atoms with E-state index in [-0.39, 0.29) is 0 Å². The van der Waals surface area contributed by atoms with Gasteiger partial charge in [0, 0.05) is 31.8 Å². The highest BCUT2D eigenvalue weighted by Gasteiger charge is 2.08. The molecule has 0 saturated carbocycles. The predicted molar refractivity (Wildman–Crippen MR) is 76.8 cm³/mol. The quantitative estimate of drug-likeness (QED) is 0.714. The zero-order valence-corrected chi connectivity index (χ0v) is 12.3. The fourth-order valence-corrected chi connectivity index (χ4v) is 2.68. The molecule has 0 saturated heterocycles. The van der Waals surface area contributed by atoms with Crippen LogP contribution in [-0.2, 0) is 16.0 Å². The number of imidazole rings is 1.